The van der Waals surface area contributed by atoms with Gasteiger partial charge in [-0.1, -0.05) is 48.0 Å². The molecule has 0 aromatic rings. The van der Waals surface area contributed by atoms with Crippen LogP contribution in [0.2, 0.25) is 0 Å². The Morgan fingerprint density at radius 1 is 1.24 bits per heavy atom. The van der Waals surface area contributed by atoms with Crippen molar-refractivity contribution in [2.45, 2.75) is 60.8 Å². The van der Waals surface area contributed by atoms with Gasteiger partial charge in [0, 0.05) is 13.1 Å². The van der Waals surface area contributed by atoms with E-state index in [1.165, 1.54) is 38.9 Å². The van der Waals surface area contributed by atoms with Gasteiger partial charge in [0.2, 0.25) is 0 Å². The van der Waals surface area contributed by atoms with Gasteiger partial charge in [-0.05, 0) is 42.6 Å². The van der Waals surface area contributed by atoms with Crippen molar-refractivity contribution in [3.05, 3.63) is 0 Å². The van der Waals surface area contributed by atoms with Crippen molar-refractivity contribution >= 4 is 0 Å². The average Bonchev–Trinajstić information content (AvgIpc) is 2.27. The summed E-state index contributed by atoms with van der Waals surface area (Å²) in [4.78, 5) is 2.72. The number of piperidine rings is 1. The quantitative estimate of drug-likeness (QED) is 0.686. The second kappa shape index (κ2) is 6.22. The van der Waals surface area contributed by atoms with Crippen LogP contribution in [0, 0.1) is 23.2 Å². The first-order valence-electron chi connectivity index (χ1n) is 7.59. The van der Waals surface area contributed by atoms with E-state index in [1.807, 2.05) is 0 Å². The molecule has 0 aromatic heterocycles. The normalized spacial score (nSPS) is 25.2. The fourth-order valence-electron chi connectivity index (χ4n) is 3.25. The Labute approximate surface area is 109 Å². The van der Waals surface area contributed by atoms with Crippen LogP contribution >= 0.6 is 0 Å². The summed E-state index contributed by atoms with van der Waals surface area (Å²) in [6.45, 7) is 18.3. The van der Waals surface area contributed by atoms with E-state index >= 15 is 0 Å². The molecule has 0 aliphatic carbocycles. The monoisotopic (exact) mass is 239 g/mol. The molecule has 2 atom stereocenters. The van der Waals surface area contributed by atoms with E-state index in [2.05, 4.69) is 46.4 Å². The minimum atomic E-state index is 0.448. The van der Waals surface area contributed by atoms with Crippen LogP contribution in [0.4, 0.5) is 0 Å². The van der Waals surface area contributed by atoms with Gasteiger partial charge in [-0.3, -0.25) is 0 Å². The Hall–Kier alpha value is -0.0400. The number of hydrogen-bond donors (Lipinski definition) is 0. The molecular weight excluding hydrogens is 206 g/mol. The highest BCUT2D eigenvalue weighted by molar-refractivity contribution is 4.83. The Bertz CT molecular complexity index is 220. The molecule has 2 unspecified atom stereocenters. The van der Waals surface area contributed by atoms with Crippen LogP contribution in [0.1, 0.15) is 60.8 Å². The van der Waals surface area contributed by atoms with Gasteiger partial charge in [-0.25, -0.2) is 0 Å². The van der Waals surface area contributed by atoms with Crippen molar-refractivity contribution in [2.24, 2.45) is 23.2 Å². The fraction of sp³-hybridized carbons (Fsp3) is 1.00. The van der Waals surface area contributed by atoms with Crippen LogP contribution in [0.15, 0.2) is 0 Å². The molecule has 1 rings (SSSR count). The summed E-state index contributed by atoms with van der Waals surface area (Å²) in [7, 11) is 0. The van der Waals surface area contributed by atoms with E-state index in [-0.39, 0.29) is 0 Å². The van der Waals surface area contributed by atoms with Crippen molar-refractivity contribution in [3.8, 4) is 0 Å². The third kappa shape index (κ3) is 4.28. The van der Waals surface area contributed by atoms with Gasteiger partial charge in [0.15, 0.2) is 0 Å². The van der Waals surface area contributed by atoms with Gasteiger partial charge >= 0.3 is 0 Å². The van der Waals surface area contributed by atoms with Crippen LogP contribution in [0.5, 0.6) is 0 Å². The van der Waals surface area contributed by atoms with E-state index in [0.717, 1.165) is 17.8 Å². The molecule has 0 amide bonds. The lowest BCUT2D eigenvalue weighted by Gasteiger charge is -2.42. The summed E-state index contributed by atoms with van der Waals surface area (Å²) in [5.41, 5.74) is 0.448. The van der Waals surface area contributed by atoms with Crippen molar-refractivity contribution in [1.29, 1.82) is 0 Å². The Kier molecular flexibility index (Phi) is 5.50. The van der Waals surface area contributed by atoms with Crippen molar-refractivity contribution in [2.75, 3.05) is 19.6 Å². The third-order valence-corrected chi connectivity index (χ3v) is 5.04. The second-order valence-electron chi connectivity index (χ2n) is 7.17. The number of rotatable bonds is 5. The third-order valence-electron chi connectivity index (χ3n) is 5.04. The molecule has 0 radical (unpaired) electrons. The van der Waals surface area contributed by atoms with Crippen LogP contribution in [0.3, 0.4) is 0 Å². The largest absolute Gasteiger partial charge is 0.303 e. The summed E-state index contributed by atoms with van der Waals surface area (Å²) < 4.78 is 0. The smallest absolute Gasteiger partial charge is 0.00354 e. The van der Waals surface area contributed by atoms with Crippen molar-refractivity contribution in [3.63, 3.8) is 0 Å². The van der Waals surface area contributed by atoms with Gasteiger partial charge < -0.3 is 4.90 Å². The highest BCUT2D eigenvalue weighted by Gasteiger charge is 2.31. The number of hydrogen-bond acceptors (Lipinski definition) is 1. The van der Waals surface area contributed by atoms with Gasteiger partial charge in [0.05, 0.1) is 0 Å². The maximum Gasteiger partial charge on any atom is 0.00354 e. The summed E-state index contributed by atoms with van der Waals surface area (Å²) in [6.07, 6.45) is 4.22. The fourth-order valence-corrected chi connectivity index (χ4v) is 3.25. The molecule has 1 fully saturated rings. The standard InChI is InChI=1S/C16H33N/c1-7-15-9-8-10-17(11-15)12-16(5,6)14(4)13(2)3/h13-15H,7-12H2,1-6H3. The van der Waals surface area contributed by atoms with E-state index < -0.39 is 0 Å². The molecule has 1 aliphatic rings. The van der Waals surface area contributed by atoms with Gasteiger partial charge in [-0.15, -0.1) is 0 Å². The Morgan fingerprint density at radius 3 is 2.41 bits per heavy atom. The van der Waals surface area contributed by atoms with E-state index in [1.54, 1.807) is 0 Å². The van der Waals surface area contributed by atoms with E-state index in [4.69, 9.17) is 0 Å². The van der Waals surface area contributed by atoms with Crippen molar-refractivity contribution in [1.82, 2.24) is 4.90 Å². The lowest BCUT2D eigenvalue weighted by molar-refractivity contribution is 0.0713. The van der Waals surface area contributed by atoms with Crippen LogP contribution in [-0.4, -0.2) is 24.5 Å². The lowest BCUT2D eigenvalue weighted by atomic mass is 9.73. The van der Waals surface area contributed by atoms with Crippen LogP contribution in [0.25, 0.3) is 0 Å². The summed E-state index contributed by atoms with van der Waals surface area (Å²) in [5.74, 6) is 2.54. The zero-order valence-electron chi connectivity index (χ0n) is 12.9. The highest BCUT2D eigenvalue weighted by atomic mass is 15.1. The minimum Gasteiger partial charge on any atom is -0.303 e. The summed E-state index contributed by atoms with van der Waals surface area (Å²) >= 11 is 0. The predicted molar refractivity (Wildman–Crippen MR) is 77.2 cm³/mol. The molecule has 0 saturated carbocycles. The van der Waals surface area contributed by atoms with Crippen LogP contribution < -0.4 is 0 Å². The number of nitrogens with zero attached hydrogens (tertiary/aromatic N) is 1. The molecule has 1 nitrogen and oxygen atoms in total. The first-order chi connectivity index (χ1) is 7.86. The molecule has 0 aromatic carbocycles. The second-order valence-corrected chi connectivity index (χ2v) is 7.17. The van der Waals surface area contributed by atoms with Gasteiger partial charge in [0.1, 0.15) is 0 Å². The zero-order chi connectivity index (χ0) is 13.1. The minimum absolute atomic E-state index is 0.448. The molecule has 1 heteroatoms. The first-order valence-corrected chi connectivity index (χ1v) is 7.59. The van der Waals surface area contributed by atoms with E-state index in [0.29, 0.717) is 5.41 Å². The average molecular weight is 239 g/mol. The Balaban J connectivity index is 2.51. The molecule has 1 heterocycles. The Morgan fingerprint density at radius 2 is 1.88 bits per heavy atom. The maximum absolute atomic E-state index is 2.72. The van der Waals surface area contributed by atoms with Gasteiger partial charge in [0.25, 0.3) is 0 Å². The highest BCUT2D eigenvalue weighted by Crippen LogP contribution is 2.34. The van der Waals surface area contributed by atoms with Crippen molar-refractivity contribution < 1.29 is 0 Å². The lowest BCUT2D eigenvalue weighted by Crippen LogP contribution is -2.44. The maximum atomic E-state index is 2.72. The summed E-state index contributed by atoms with van der Waals surface area (Å²) in [6, 6.07) is 0. The molecule has 1 saturated heterocycles. The van der Waals surface area contributed by atoms with E-state index in [9.17, 15) is 0 Å². The first kappa shape index (κ1) is 15.0. The molecule has 0 bridgehead atoms. The predicted octanol–water partition coefficient (Wildman–Crippen LogP) is 4.43. The molecule has 1 aliphatic heterocycles. The van der Waals surface area contributed by atoms with Crippen LogP contribution in [-0.2, 0) is 0 Å². The summed E-state index contributed by atoms with van der Waals surface area (Å²) in [5, 5.41) is 0. The van der Waals surface area contributed by atoms with Gasteiger partial charge in [-0.2, -0.15) is 0 Å². The molecule has 0 spiro atoms. The molecule has 17 heavy (non-hydrogen) atoms. The SMILES string of the molecule is CCC1CCCN(CC(C)(C)C(C)C(C)C)C1. The number of likely N-dealkylation sites (tertiary alicyclic amines) is 1. The molecule has 102 valence electrons. The molecular formula is C16H33N. The topological polar surface area (TPSA) is 3.24 Å². The zero-order valence-corrected chi connectivity index (χ0v) is 12.9. The molecule has 0 N–H and O–H groups in total.